The molecule has 0 aliphatic carbocycles. The highest BCUT2D eigenvalue weighted by Gasteiger charge is 2.20. The van der Waals surface area contributed by atoms with E-state index in [-0.39, 0.29) is 5.91 Å². The van der Waals surface area contributed by atoms with E-state index in [1.807, 2.05) is 30.0 Å². The molecule has 128 valence electrons. The van der Waals surface area contributed by atoms with E-state index >= 15 is 0 Å². The van der Waals surface area contributed by atoms with Gasteiger partial charge in [0.25, 0.3) is 0 Å². The van der Waals surface area contributed by atoms with Crippen LogP contribution in [0.2, 0.25) is 0 Å². The summed E-state index contributed by atoms with van der Waals surface area (Å²) in [6, 6.07) is 7.43. The molecule has 0 radical (unpaired) electrons. The molecule has 1 fully saturated rings. The van der Waals surface area contributed by atoms with Crippen molar-refractivity contribution in [2.75, 3.05) is 30.2 Å². The zero-order valence-corrected chi connectivity index (χ0v) is 14.8. The fraction of sp³-hybridized carbons (Fsp3) is 0.588. The highest BCUT2D eigenvalue weighted by Crippen LogP contribution is 2.20. The summed E-state index contributed by atoms with van der Waals surface area (Å²) in [6.45, 7) is 3.95. The Hall–Kier alpha value is -1.56. The van der Waals surface area contributed by atoms with Crippen molar-refractivity contribution < 1.29 is 13.2 Å². The number of sulfonamides is 1. The average molecular weight is 338 g/mol. The first kappa shape index (κ1) is 17.8. The molecule has 0 bridgehead atoms. The summed E-state index contributed by atoms with van der Waals surface area (Å²) in [6.07, 6.45) is 5.49. The molecule has 1 aromatic carbocycles. The molecule has 1 saturated heterocycles. The molecule has 0 N–H and O–H groups in total. The highest BCUT2D eigenvalue weighted by atomic mass is 32.2. The van der Waals surface area contributed by atoms with Crippen LogP contribution in [0.5, 0.6) is 0 Å². The van der Waals surface area contributed by atoms with Crippen molar-refractivity contribution in [3.63, 3.8) is 0 Å². The third kappa shape index (κ3) is 5.23. The molecular formula is C17H26N2O3S. The van der Waals surface area contributed by atoms with Crippen molar-refractivity contribution >= 4 is 21.6 Å². The van der Waals surface area contributed by atoms with Crippen LogP contribution in [0.4, 0.5) is 5.69 Å². The maximum Gasteiger partial charge on any atom is 0.232 e. The fourth-order valence-electron chi connectivity index (χ4n) is 2.94. The molecule has 1 aromatic rings. The zero-order valence-electron chi connectivity index (χ0n) is 14.0. The van der Waals surface area contributed by atoms with E-state index in [1.54, 1.807) is 6.07 Å². The number of rotatable bonds is 6. The predicted octanol–water partition coefficient (Wildman–Crippen LogP) is 2.55. The monoisotopic (exact) mass is 338 g/mol. The molecule has 1 heterocycles. The van der Waals surface area contributed by atoms with Crippen molar-refractivity contribution in [2.45, 2.75) is 39.0 Å². The number of benzene rings is 1. The summed E-state index contributed by atoms with van der Waals surface area (Å²) in [7, 11) is -3.35. The molecule has 0 atom stereocenters. The molecule has 0 saturated carbocycles. The van der Waals surface area contributed by atoms with Gasteiger partial charge in [-0.05, 0) is 50.3 Å². The number of likely N-dealkylation sites (tertiary alicyclic amines) is 1. The minimum absolute atomic E-state index is 0.141. The van der Waals surface area contributed by atoms with E-state index < -0.39 is 10.0 Å². The molecule has 0 unspecified atom stereocenters. The minimum atomic E-state index is -3.35. The Bertz CT molecular complexity index is 637. The lowest BCUT2D eigenvalue weighted by atomic mass is 10.1. The molecule has 23 heavy (non-hydrogen) atoms. The number of amides is 1. The van der Waals surface area contributed by atoms with Gasteiger partial charge in [-0.1, -0.05) is 12.1 Å². The molecule has 1 aliphatic heterocycles. The van der Waals surface area contributed by atoms with Gasteiger partial charge < -0.3 is 4.90 Å². The zero-order chi connectivity index (χ0) is 16.9. The van der Waals surface area contributed by atoms with Crippen LogP contribution in [-0.2, 0) is 14.8 Å². The molecule has 5 nitrogen and oxygen atoms in total. The van der Waals surface area contributed by atoms with Crippen molar-refractivity contribution in [3.05, 3.63) is 29.8 Å². The number of carbonyl (C=O) groups excluding carboxylic acids is 1. The first-order chi connectivity index (χ1) is 10.9. The first-order valence-corrected chi connectivity index (χ1v) is 10.0. The Balaban J connectivity index is 1.95. The SMILES string of the molecule is Cc1cccc(N(CCCC(=O)N2CCCCC2)S(C)(=O)=O)c1. The van der Waals surface area contributed by atoms with Crippen molar-refractivity contribution in [1.29, 1.82) is 0 Å². The van der Waals surface area contributed by atoms with E-state index in [2.05, 4.69) is 0 Å². The number of aryl methyl sites for hydroxylation is 1. The number of piperidine rings is 1. The topological polar surface area (TPSA) is 57.7 Å². The Morgan fingerprint density at radius 3 is 2.52 bits per heavy atom. The van der Waals surface area contributed by atoms with Gasteiger partial charge in [0.1, 0.15) is 0 Å². The second-order valence-electron chi connectivity index (χ2n) is 6.22. The number of anilines is 1. The first-order valence-electron chi connectivity index (χ1n) is 8.20. The van der Waals surface area contributed by atoms with Crippen LogP contribution >= 0.6 is 0 Å². The molecule has 6 heteroatoms. The lowest BCUT2D eigenvalue weighted by molar-refractivity contribution is -0.132. The molecule has 1 amide bonds. The van der Waals surface area contributed by atoms with Crippen LogP contribution in [-0.4, -0.2) is 45.1 Å². The lowest BCUT2D eigenvalue weighted by Gasteiger charge is -2.27. The highest BCUT2D eigenvalue weighted by molar-refractivity contribution is 7.92. The maximum atomic E-state index is 12.2. The van der Waals surface area contributed by atoms with Crippen molar-refractivity contribution in [3.8, 4) is 0 Å². The van der Waals surface area contributed by atoms with E-state index in [4.69, 9.17) is 0 Å². The van der Waals surface area contributed by atoms with Crippen molar-refractivity contribution in [1.82, 2.24) is 4.90 Å². The number of hydrogen-bond acceptors (Lipinski definition) is 3. The number of hydrogen-bond donors (Lipinski definition) is 0. The number of carbonyl (C=O) groups is 1. The average Bonchev–Trinajstić information content (AvgIpc) is 2.51. The summed E-state index contributed by atoms with van der Waals surface area (Å²) >= 11 is 0. The lowest BCUT2D eigenvalue weighted by Crippen LogP contribution is -2.36. The van der Waals surface area contributed by atoms with Crippen LogP contribution in [0.15, 0.2) is 24.3 Å². The Labute approximate surface area is 139 Å². The summed E-state index contributed by atoms with van der Waals surface area (Å²) in [4.78, 5) is 14.1. The Morgan fingerprint density at radius 2 is 1.91 bits per heavy atom. The minimum Gasteiger partial charge on any atom is -0.343 e. The standard InChI is InChI=1S/C17H26N2O3S/c1-15-8-6-9-16(14-15)19(23(2,21)22)13-7-10-17(20)18-11-4-3-5-12-18/h6,8-9,14H,3-5,7,10-13H2,1-2H3. The summed E-state index contributed by atoms with van der Waals surface area (Å²) in [5, 5.41) is 0. The number of nitrogens with zero attached hydrogens (tertiary/aromatic N) is 2. The molecule has 0 spiro atoms. The molecular weight excluding hydrogens is 312 g/mol. The van der Waals surface area contributed by atoms with Crippen LogP contribution in [0.25, 0.3) is 0 Å². The normalized spacial score (nSPS) is 15.5. The smallest absolute Gasteiger partial charge is 0.232 e. The summed E-state index contributed by atoms with van der Waals surface area (Å²) in [5.74, 6) is 0.141. The van der Waals surface area contributed by atoms with E-state index in [0.717, 1.165) is 31.5 Å². The van der Waals surface area contributed by atoms with Gasteiger partial charge in [0.05, 0.1) is 11.9 Å². The van der Waals surface area contributed by atoms with Crippen LogP contribution < -0.4 is 4.31 Å². The molecule has 1 aliphatic rings. The fourth-order valence-corrected chi connectivity index (χ4v) is 3.90. The van der Waals surface area contributed by atoms with Crippen LogP contribution in [0, 0.1) is 6.92 Å². The van der Waals surface area contributed by atoms with Gasteiger partial charge in [-0.3, -0.25) is 9.10 Å². The van der Waals surface area contributed by atoms with Gasteiger partial charge in [0, 0.05) is 26.1 Å². The molecule has 2 rings (SSSR count). The van der Waals surface area contributed by atoms with E-state index in [0.29, 0.717) is 25.1 Å². The summed E-state index contributed by atoms with van der Waals surface area (Å²) < 4.78 is 25.5. The van der Waals surface area contributed by atoms with Crippen LogP contribution in [0.3, 0.4) is 0 Å². The van der Waals surface area contributed by atoms with Crippen molar-refractivity contribution in [2.24, 2.45) is 0 Å². The van der Waals surface area contributed by atoms with Gasteiger partial charge in [-0.2, -0.15) is 0 Å². The second kappa shape index (κ2) is 7.81. The largest absolute Gasteiger partial charge is 0.343 e. The van der Waals surface area contributed by atoms with E-state index in [1.165, 1.54) is 17.0 Å². The van der Waals surface area contributed by atoms with Gasteiger partial charge in [0.2, 0.25) is 15.9 Å². The Morgan fingerprint density at radius 1 is 1.22 bits per heavy atom. The third-order valence-electron chi connectivity index (χ3n) is 4.15. The van der Waals surface area contributed by atoms with Gasteiger partial charge in [-0.25, -0.2) is 8.42 Å². The predicted molar refractivity (Wildman–Crippen MR) is 93.0 cm³/mol. The molecule has 0 aromatic heterocycles. The quantitative estimate of drug-likeness (QED) is 0.801. The van der Waals surface area contributed by atoms with E-state index in [9.17, 15) is 13.2 Å². The van der Waals surface area contributed by atoms with Gasteiger partial charge in [0.15, 0.2) is 0 Å². The van der Waals surface area contributed by atoms with Gasteiger partial charge in [-0.15, -0.1) is 0 Å². The maximum absolute atomic E-state index is 12.2. The van der Waals surface area contributed by atoms with Gasteiger partial charge >= 0.3 is 0 Å². The third-order valence-corrected chi connectivity index (χ3v) is 5.34. The second-order valence-corrected chi connectivity index (χ2v) is 8.13. The van der Waals surface area contributed by atoms with Crippen LogP contribution in [0.1, 0.15) is 37.7 Å². The summed E-state index contributed by atoms with van der Waals surface area (Å²) in [5.41, 5.74) is 1.68. The Kier molecular flexibility index (Phi) is 6.04.